The lowest BCUT2D eigenvalue weighted by Crippen LogP contribution is -2.12. The number of nitrogens with one attached hydrogen (secondary N) is 1. The van der Waals surface area contributed by atoms with Gasteiger partial charge in [-0.15, -0.1) is 12.6 Å². The summed E-state index contributed by atoms with van der Waals surface area (Å²) < 4.78 is 0. The maximum absolute atomic E-state index is 11.1. The first-order chi connectivity index (χ1) is 6.18. The molecule has 0 aromatic heterocycles. The zero-order valence-electron chi connectivity index (χ0n) is 6.70. The smallest absolute Gasteiger partial charge is 0.251 e. The summed E-state index contributed by atoms with van der Waals surface area (Å²) in [6, 6.07) is 4.96. The van der Waals surface area contributed by atoms with Gasteiger partial charge in [-0.3, -0.25) is 9.59 Å². The first-order valence-electron chi connectivity index (χ1n) is 3.83. The van der Waals surface area contributed by atoms with Crippen molar-refractivity contribution in [2.45, 2.75) is 6.54 Å². The van der Waals surface area contributed by atoms with Gasteiger partial charge in [0.1, 0.15) is 0 Å². The van der Waals surface area contributed by atoms with Gasteiger partial charge in [0.25, 0.3) is 5.91 Å². The highest BCUT2D eigenvalue weighted by Gasteiger charge is 2.19. The van der Waals surface area contributed by atoms with Gasteiger partial charge in [0.15, 0.2) is 0 Å². The summed E-state index contributed by atoms with van der Waals surface area (Å²) in [6.45, 7) is 0.503. The molecule has 0 bridgehead atoms. The number of thiol groups is 1. The number of amides is 1. The van der Waals surface area contributed by atoms with E-state index < -0.39 is 0 Å². The Morgan fingerprint density at radius 1 is 1.46 bits per heavy atom. The number of fused-ring (bicyclic) bond motifs is 1. The number of hydrogen-bond donors (Lipinski definition) is 2. The van der Waals surface area contributed by atoms with E-state index in [1.54, 1.807) is 18.2 Å². The van der Waals surface area contributed by atoms with E-state index in [4.69, 9.17) is 0 Å². The normalized spacial score (nSPS) is 13.8. The van der Waals surface area contributed by atoms with E-state index in [2.05, 4.69) is 17.9 Å². The van der Waals surface area contributed by atoms with Crippen molar-refractivity contribution in [3.63, 3.8) is 0 Å². The van der Waals surface area contributed by atoms with Gasteiger partial charge in [0.2, 0.25) is 5.12 Å². The average Bonchev–Trinajstić information content (AvgIpc) is 2.47. The van der Waals surface area contributed by atoms with Crippen molar-refractivity contribution in [3.8, 4) is 0 Å². The summed E-state index contributed by atoms with van der Waals surface area (Å²) in [4.78, 5) is 22.0. The summed E-state index contributed by atoms with van der Waals surface area (Å²) in [5.41, 5.74) is 2.04. The van der Waals surface area contributed by atoms with Crippen molar-refractivity contribution < 1.29 is 9.59 Å². The van der Waals surface area contributed by atoms with Gasteiger partial charge in [-0.25, -0.2) is 0 Å². The van der Waals surface area contributed by atoms with Crippen molar-refractivity contribution in [1.29, 1.82) is 0 Å². The van der Waals surface area contributed by atoms with Crippen LogP contribution in [0, 0.1) is 0 Å². The molecule has 2 rings (SSSR count). The van der Waals surface area contributed by atoms with Gasteiger partial charge in [0.05, 0.1) is 0 Å². The van der Waals surface area contributed by atoms with Gasteiger partial charge < -0.3 is 5.32 Å². The fraction of sp³-hybridized carbons (Fsp3) is 0.111. The molecule has 0 aliphatic carbocycles. The maximum Gasteiger partial charge on any atom is 0.251 e. The number of rotatable bonds is 1. The second kappa shape index (κ2) is 2.88. The van der Waals surface area contributed by atoms with Crippen molar-refractivity contribution in [1.82, 2.24) is 5.32 Å². The second-order valence-electron chi connectivity index (χ2n) is 2.86. The zero-order valence-corrected chi connectivity index (χ0v) is 7.60. The molecule has 1 amide bonds. The van der Waals surface area contributed by atoms with E-state index in [9.17, 15) is 9.59 Å². The van der Waals surface area contributed by atoms with E-state index in [1.165, 1.54) is 0 Å². The largest absolute Gasteiger partial charge is 0.348 e. The summed E-state index contributed by atoms with van der Waals surface area (Å²) in [6.07, 6.45) is 0. The Morgan fingerprint density at radius 2 is 2.23 bits per heavy atom. The Bertz CT molecular complexity index is 401. The standard InChI is InChI=1S/C9H7NO2S/c11-8-7-2-1-5(9(12)13)3-6(7)4-10-8/h1-3H,4H2,(H,10,11)(H,12,13). The van der Waals surface area contributed by atoms with Crippen LogP contribution in [0.4, 0.5) is 0 Å². The van der Waals surface area contributed by atoms with Gasteiger partial charge in [0, 0.05) is 17.7 Å². The molecular formula is C9H7NO2S. The molecule has 0 unspecified atom stereocenters. The van der Waals surface area contributed by atoms with E-state index in [1.807, 2.05) is 0 Å². The van der Waals surface area contributed by atoms with E-state index in [0.717, 1.165) is 5.56 Å². The highest BCUT2D eigenvalue weighted by Crippen LogP contribution is 2.17. The van der Waals surface area contributed by atoms with Gasteiger partial charge >= 0.3 is 0 Å². The van der Waals surface area contributed by atoms with Gasteiger partial charge in [-0.2, -0.15) is 0 Å². The molecule has 0 atom stereocenters. The lowest BCUT2D eigenvalue weighted by atomic mass is 10.1. The Balaban J connectivity index is 2.51. The number of benzene rings is 1. The molecular weight excluding hydrogens is 186 g/mol. The first kappa shape index (κ1) is 8.31. The van der Waals surface area contributed by atoms with Crippen LogP contribution in [-0.4, -0.2) is 11.0 Å². The van der Waals surface area contributed by atoms with Gasteiger partial charge in [-0.05, 0) is 23.8 Å². The van der Waals surface area contributed by atoms with Crippen molar-refractivity contribution in [2.75, 3.05) is 0 Å². The molecule has 0 spiro atoms. The maximum atomic E-state index is 11.1. The quantitative estimate of drug-likeness (QED) is 0.653. The van der Waals surface area contributed by atoms with Gasteiger partial charge in [-0.1, -0.05) is 0 Å². The fourth-order valence-electron chi connectivity index (χ4n) is 1.37. The molecule has 1 aliphatic rings. The van der Waals surface area contributed by atoms with Crippen LogP contribution in [0.3, 0.4) is 0 Å². The number of carbonyl (C=O) groups excluding carboxylic acids is 2. The zero-order chi connectivity index (χ0) is 9.42. The minimum absolute atomic E-state index is 0.0758. The third-order valence-electron chi connectivity index (χ3n) is 2.04. The topological polar surface area (TPSA) is 46.2 Å². The van der Waals surface area contributed by atoms with Crippen LogP contribution in [0.2, 0.25) is 0 Å². The predicted molar refractivity (Wildman–Crippen MR) is 50.9 cm³/mol. The third-order valence-corrected chi connectivity index (χ3v) is 2.29. The molecule has 0 fully saturated rings. The van der Waals surface area contributed by atoms with E-state index in [0.29, 0.717) is 17.7 Å². The van der Waals surface area contributed by atoms with Crippen molar-refractivity contribution >= 4 is 23.7 Å². The third kappa shape index (κ3) is 1.33. The highest BCUT2D eigenvalue weighted by atomic mass is 32.1. The molecule has 66 valence electrons. The average molecular weight is 193 g/mol. The fourth-order valence-corrected chi connectivity index (χ4v) is 1.50. The molecule has 0 saturated carbocycles. The minimum atomic E-state index is -0.276. The summed E-state index contributed by atoms with van der Waals surface area (Å²) in [5, 5.41) is 2.40. The molecule has 1 N–H and O–H groups in total. The van der Waals surface area contributed by atoms with Crippen LogP contribution >= 0.6 is 12.6 Å². The second-order valence-corrected chi connectivity index (χ2v) is 3.27. The SMILES string of the molecule is O=C(S)c1ccc2c(c1)CNC2=O. The van der Waals surface area contributed by atoms with Crippen LogP contribution in [0.15, 0.2) is 18.2 Å². The summed E-state index contributed by atoms with van der Waals surface area (Å²) in [7, 11) is 0. The molecule has 0 radical (unpaired) electrons. The lowest BCUT2D eigenvalue weighted by molar-refractivity contribution is 0.0965. The summed E-state index contributed by atoms with van der Waals surface area (Å²) in [5.74, 6) is -0.0758. The molecule has 4 heteroatoms. The predicted octanol–water partition coefficient (Wildman–Crippen LogP) is 1.00. The monoisotopic (exact) mass is 193 g/mol. The lowest BCUT2D eigenvalue weighted by Gasteiger charge is -1.97. The molecule has 1 aromatic rings. The molecule has 3 nitrogen and oxygen atoms in total. The molecule has 0 saturated heterocycles. The Morgan fingerprint density at radius 3 is 2.92 bits per heavy atom. The minimum Gasteiger partial charge on any atom is -0.348 e. The van der Waals surface area contributed by atoms with Crippen LogP contribution in [0.5, 0.6) is 0 Å². The van der Waals surface area contributed by atoms with Crippen molar-refractivity contribution in [2.24, 2.45) is 0 Å². The van der Waals surface area contributed by atoms with E-state index >= 15 is 0 Å². The molecule has 1 heterocycles. The highest BCUT2D eigenvalue weighted by molar-refractivity contribution is 7.97. The van der Waals surface area contributed by atoms with Crippen LogP contribution < -0.4 is 5.32 Å². The summed E-state index contributed by atoms with van der Waals surface area (Å²) >= 11 is 3.71. The molecule has 13 heavy (non-hydrogen) atoms. The Labute approximate surface area is 80.5 Å². The van der Waals surface area contributed by atoms with E-state index in [-0.39, 0.29) is 11.0 Å². The van der Waals surface area contributed by atoms with Crippen LogP contribution in [0.1, 0.15) is 26.3 Å². The van der Waals surface area contributed by atoms with Crippen molar-refractivity contribution in [3.05, 3.63) is 34.9 Å². The Kier molecular flexibility index (Phi) is 1.84. The Hall–Kier alpha value is -1.29. The number of carbonyl (C=O) groups is 2. The molecule has 1 aromatic carbocycles. The van der Waals surface area contributed by atoms with Crippen LogP contribution in [-0.2, 0) is 6.54 Å². The van der Waals surface area contributed by atoms with Crippen LogP contribution in [0.25, 0.3) is 0 Å². The first-order valence-corrected chi connectivity index (χ1v) is 4.27. The number of hydrogen-bond acceptors (Lipinski definition) is 2. The molecule has 1 aliphatic heterocycles.